The van der Waals surface area contributed by atoms with Crippen molar-refractivity contribution in [2.24, 2.45) is 0 Å². The van der Waals surface area contributed by atoms with Gasteiger partial charge >= 0.3 is 0 Å². The van der Waals surface area contributed by atoms with E-state index in [2.05, 4.69) is 15.6 Å². The highest BCUT2D eigenvalue weighted by Gasteiger charge is 2.13. The molecule has 1 unspecified atom stereocenters. The van der Waals surface area contributed by atoms with Crippen LogP contribution in [0, 0.1) is 0 Å². The molecular formula is C11H17N3O2. The van der Waals surface area contributed by atoms with Gasteiger partial charge in [0.05, 0.1) is 6.20 Å². The molecule has 0 fully saturated rings. The summed E-state index contributed by atoms with van der Waals surface area (Å²) in [6.45, 7) is 3.04. The second-order valence-electron chi connectivity index (χ2n) is 3.34. The minimum atomic E-state index is -0.513. The van der Waals surface area contributed by atoms with Gasteiger partial charge in [-0.05, 0) is 26.1 Å². The lowest BCUT2D eigenvalue weighted by molar-refractivity contribution is -0.127. The fourth-order valence-electron chi connectivity index (χ4n) is 1.13. The Morgan fingerprint density at radius 3 is 3.00 bits per heavy atom. The molecule has 0 spiro atoms. The van der Waals surface area contributed by atoms with Gasteiger partial charge in [-0.3, -0.25) is 9.78 Å². The topological polar surface area (TPSA) is 63.2 Å². The normalized spacial score (nSPS) is 11.9. The highest BCUT2D eigenvalue weighted by molar-refractivity contribution is 5.80. The number of nitrogens with zero attached hydrogens (tertiary/aromatic N) is 1. The summed E-state index contributed by atoms with van der Waals surface area (Å²) in [5.74, 6) is 0.470. The van der Waals surface area contributed by atoms with E-state index in [4.69, 9.17) is 4.74 Å². The van der Waals surface area contributed by atoms with E-state index < -0.39 is 6.10 Å². The maximum Gasteiger partial charge on any atom is 0.260 e. The molecule has 0 radical (unpaired) electrons. The number of pyridine rings is 1. The fourth-order valence-corrected chi connectivity index (χ4v) is 1.13. The smallest absolute Gasteiger partial charge is 0.260 e. The fraction of sp³-hybridized carbons (Fsp3) is 0.455. The SMILES string of the molecule is CNCCNC(=O)C(C)Oc1cccnc1. The zero-order chi connectivity index (χ0) is 11.8. The van der Waals surface area contributed by atoms with E-state index in [9.17, 15) is 4.79 Å². The molecule has 0 saturated heterocycles. The molecule has 1 heterocycles. The van der Waals surface area contributed by atoms with Crippen LogP contribution in [0.3, 0.4) is 0 Å². The van der Waals surface area contributed by atoms with E-state index in [1.807, 2.05) is 7.05 Å². The largest absolute Gasteiger partial charge is 0.479 e. The van der Waals surface area contributed by atoms with Crippen LogP contribution >= 0.6 is 0 Å². The number of ether oxygens (including phenoxy) is 1. The van der Waals surface area contributed by atoms with E-state index in [0.717, 1.165) is 6.54 Å². The minimum Gasteiger partial charge on any atom is -0.479 e. The third kappa shape index (κ3) is 4.27. The Balaban J connectivity index is 2.34. The molecule has 0 bridgehead atoms. The zero-order valence-electron chi connectivity index (χ0n) is 9.56. The van der Waals surface area contributed by atoms with Gasteiger partial charge in [0.1, 0.15) is 5.75 Å². The number of hydrogen-bond acceptors (Lipinski definition) is 4. The number of hydrogen-bond donors (Lipinski definition) is 2. The Hall–Kier alpha value is -1.62. The van der Waals surface area contributed by atoms with Crippen molar-refractivity contribution < 1.29 is 9.53 Å². The molecule has 1 aromatic heterocycles. The quantitative estimate of drug-likeness (QED) is 0.675. The molecule has 1 atom stereocenters. The molecule has 0 aliphatic heterocycles. The van der Waals surface area contributed by atoms with Crippen LogP contribution in [0.4, 0.5) is 0 Å². The van der Waals surface area contributed by atoms with Gasteiger partial charge in [0.25, 0.3) is 5.91 Å². The van der Waals surface area contributed by atoms with E-state index >= 15 is 0 Å². The summed E-state index contributed by atoms with van der Waals surface area (Å²) < 4.78 is 5.41. The Kier molecular flexibility index (Phi) is 5.28. The summed E-state index contributed by atoms with van der Waals surface area (Å²) in [5, 5.41) is 5.70. The van der Waals surface area contributed by atoms with E-state index in [1.54, 1.807) is 31.5 Å². The summed E-state index contributed by atoms with van der Waals surface area (Å²) in [4.78, 5) is 15.4. The lowest BCUT2D eigenvalue weighted by Crippen LogP contribution is -2.39. The van der Waals surface area contributed by atoms with Gasteiger partial charge in [0.2, 0.25) is 0 Å². The summed E-state index contributed by atoms with van der Waals surface area (Å²) in [6.07, 6.45) is 2.73. The Labute approximate surface area is 95.2 Å². The number of likely N-dealkylation sites (N-methyl/N-ethyl adjacent to an activating group) is 1. The van der Waals surface area contributed by atoms with E-state index in [1.165, 1.54) is 0 Å². The van der Waals surface area contributed by atoms with Gasteiger partial charge in [0, 0.05) is 19.3 Å². The van der Waals surface area contributed by atoms with Crippen LogP contribution in [0.5, 0.6) is 5.75 Å². The first-order valence-electron chi connectivity index (χ1n) is 5.23. The van der Waals surface area contributed by atoms with Crippen LogP contribution in [-0.4, -0.2) is 37.1 Å². The van der Waals surface area contributed by atoms with Crippen LogP contribution in [0.2, 0.25) is 0 Å². The lowest BCUT2D eigenvalue weighted by Gasteiger charge is -2.14. The molecule has 1 aromatic rings. The molecule has 16 heavy (non-hydrogen) atoms. The van der Waals surface area contributed by atoms with Gasteiger partial charge in [-0.2, -0.15) is 0 Å². The molecule has 0 aliphatic rings. The Bertz CT molecular complexity index is 316. The van der Waals surface area contributed by atoms with Crippen molar-refractivity contribution in [1.82, 2.24) is 15.6 Å². The molecule has 1 amide bonds. The first kappa shape index (κ1) is 12.4. The maximum absolute atomic E-state index is 11.5. The molecule has 0 aromatic carbocycles. The average molecular weight is 223 g/mol. The Morgan fingerprint density at radius 2 is 2.38 bits per heavy atom. The number of aromatic nitrogens is 1. The summed E-state index contributed by atoms with van der Waals surface area (Å²) in [5.41, 5.74) is 0. The molecule has 5 heteroatoms. The van der Waals surface area contributed by atoms with Crippen molar-refractivity contribution in [2.75, 3.05) is 20.1 Å². The lowest BCUT2D eigenvalue weighted by atomic mass is 10.3. The van der Waals surface area contributed by atoms with Crippen LogP contribution in [-0.2, 0) is 4.79 Å². The predicted molar refractivity (Wildman–Crippen MR) is 61.3 cm³/mol. The zero-order valence-corrected chi connectivity index (χ0v) is 9.56. The van der Waals surface area contributed by atoms with Crippen molar-refractivity contribution >= 4 is 5.91 Å². The molecule has 2 N–H and O–H groups in total. The number of rotatable bonds is 6. The Morgan fingerprint density at radius 1 is 1.56 bits per heavy atom. The average Bonchev–Trinajstić information content (AvgIpc) is 2.30. The summed E-state index contributed by atoms with van der Waals surface area (Å²) >= 11 is 0. The van der Waals surface area contributed by atoms with Crippen molar-refractivity contribution in [3.05, 3.63) is 24.5 Å². The van der Waals surface area contributed by atoms with Crippen LogP contribution < -0.4 is 15.4 Å². The van der Waals surface area contributed by atoms with Crippen molar-refractivity contribution in [3.63, 3.8) is 0 Å². The van der Waals surface area contributed by atoms with Crippen LogP contribution in [0.25, 0.3) is 0 Å². The standard InChI is InChI=1S/C11H17N3O2/c1-9(11(15)14-7-6-12-2)16-10-4-3-5-13-8-10/h3-5,8-9,12H,6-7H2,1-2H3,(H,14,15). The first-order chi connectivity index (χ1) is 7.74. The molecular weight excluding hydrogens is 206 g/mol. The van der Waals surface area contributed by atoms with Gasteiger partial charge in [0.15, 0.2) is 6.10 Å². The number of amides is 1. The second-order valence-corrected chi connectivity index (χ2v) is 3.34. The molecule has 0 saturated carbocycles. The first-order valence-corrected chi connectivity index (χ1v) is 5.23. The molecule has 1 rings (SSSR count). The van der Waals surface area contributed by atoms with Gasteiger partial charge in [-0.1, -0.05) is 0 Å². The third-order valence-corrected chi connectivity index (χ3v) is 1.99. The van der Waals surface area contributed by atoms with E-state index in [-0.39, 0.29) is 5.91 Å². The second kappa shape index (κ2) is 6.79. The van der Waals surface area contributed by atoms with Gasteiger partial charge in [-0.25, -0.2) is 0 Å². The molecule has 88 valence electrons. The highest BCUT2D eigenvalue weighted by atomic mass is 16.5. The van der Waals surface area contributed by atoms with E-state index in [0.29, 0.717) is 12.3 Å². The van der Waals surface area contributed by atoms with Crippen molar-refractivity contribution in [1.29, 1.82) is 0 Å². The van der Waals surface area contributed by atoms with Gasteiger partial charge in [-0.15, -0.1) is 0 Å². The summed E-state index contributed by atoms with van der Waals surface area (Å²) in [7, 11) is 1.84. The minimum absolute atomic E-state index is 0.126. The van der Waals surface area contributed by atoms with Gasteiger partial charge < -0.3 is 15.4 Å². The van der Waals surface area contributed by atoms with Crippen molar-refractivity contribution in [2.45, 2.75) is 13.0 Å². The summed E-state index contributed by atoms with van der Waals surface area (Å²) in [6, 6.07) is 3.53. The monoisotopic (exact) mass is 223 g/mol. The molecule has 0 aliphatic carbocycles. The highest BCUT2D eigenvalue weighted by Crippen LogP contribution is 2.08. The predicted octanol–water partition coefficient (Wildman–Crippen LogP) is 0.185. The van der Waals surface area contributed by atoms with Crippen LogP contribution in [0.15, 0.2) is 24.5 Å². The number of carbonyl (C=O) groups excluding carboxylic acids is 1. The van der Waals surface area contributed by atoms with Crippen molar-refractivity contribution in [3.8, 4) is 5.75 Å². The number of carbonyl (C=O) groups is 1. The third-order valence-electron chi connectivity index (χ3n) is 1.99. The van der Waals surface area contributed by atoms with Crippen LogP contribution in [0.1, 0.15) is 6.92 Å². The molecule has 5 nitrogen and oxygen atoms in total. The maximum atomic E-state index is 11.5. The number of nitrogens with one attached hydrogen (secondary N) is 2.